The molecule has 2 heterocycles. The number of aromatic nitrogens is 1. The number of morpholine rings is 1. The summed E-state index contributed by atoms with van der Waals surface area (Å²) in [5.74, 6) is 0.256. The Hall–Kier alpha value is -0.210. The van der Waals surface area contributed by atoms with Gasteiger partial charge in [-0.1, -0.05) is 0 Å². The van der Waals surface area contributed by atoms with Gasteiger partial charge in [0.2, 0.25) is 10.0 Å². The lowest BCUT2D eigenvalue weighted by atomic mass is 10.1. The van der Waals surface area contributed by atoms with E-state index in [1.165, 1.54) is 10.5 Å². The quantitative estimate of drug-likeness (QED) is 0.751. The van der Waals surface area contributed by atoms with Crippen LogP contribution >= 0.6 is 27.5 Å². The van der Waals surface area contributed by atoms with E-state index in [2.05, 4.69) is 20.9 Å². The predicted molar refractivity (Wildman–Crippen MR) is 80.4 cm³/mol. The van der Waals surface area contributed by atoms with Gasteiger partial charge < -0.3 is 4.74 Å². The maximum Gasteiger partial charge on any atom is 0.244 e. The van der Waals surface area contributed by atoms with E-state index in [9.17, 15) is 8.42 Å². The van der Waals surface area contributed by atoms with E-state index in [1.54, 1.807) is 12.3 Å². The molecular weight excluding hydrogens is 368 g/mol. The zero-order valence-electron chi connectivity index (χ0n) is 11.2. The molecular formula is C12H16BrClN2O3S. The third kappa shape index (κ3) is 3.51. The van der Waals surface area contributed by atoms with Crippen LogP contribution in [0.25, 0.3) is 0 Å². The highest BCUT2D eigenvalue weighted by atomic mass is 79.9. The Kier molecular flexibility index (Phi) is 4.76. The van der Waals surface area contributed by atoms with Crippen LogP contribution in [-0.2, 0) is 14.8 Å². The van der Waals surface area contributed by atoms with Crippen molar-refractivity contribution in [3.05, 3.63) is 22.9 Å². The van der Waals surface area contributed by atoms with Crippen LogP contribution in [0.5, 0.6) is 0 Å². The molecule has 8 heteroatoms. The summed E-state index contributed by atoms with van der Waals surface area (Å²) in [6.45, 7) is 4.25. The van der Waals surface area contributed by atoms with Crippen molar-refractivity contribution in [2.24, 2.45) is 0 Å². The number of pyridine rings is 1. The Balaban J connectivity index is 2.33. The number of ether oxygens (including phenoxy) is 1. The molecule has 0 bridgehead atoms. The van der Waals surface area contributed by atoms with Gasteiger partial charge in [0.1, 0.15) is 4.90 Å². The SMILES string of the molecule is CC1(C)CN(S(=O)(=O)c2cncc(Br)c2)CC(CCl)O1. The third-order valence-corrected chi connectivity index (χ3v) is 5.49. The monoisotopic (exact) mass is 382 g/mol. The van der Waals surface area contributed by atoms with Crippen LogP contribution in [0.3, 0.4) is 0 Å². The standard InChI is InChI=1S/C12H16BrClN2O3S/c1-12(2)8-16(7-10(4-14)19-12)20(17,18)11-3-9(13)5-15-6-11/h3,5-6,10H,4,7-8H2,1-2H3. The summed E-state index contributed by atoms with van der Waals surface area (Å²) in [6.07, 6.45) is 2.58. The highest BCUT2D eigenvalue weighted by Gasteiger charge is 2.39. The molecule has 5 nitrogen and oxygen atoms in total. The smallest absolute Gasteiger partial charge is 0.244 e. The summed E-state index contributed by atoms with van der Waals surface area (Å²) in [5.41, 5.74) is -0.565. The number of halogens is 2. The molecule has 1 fully saturated rings. The summed E-state index contributed by atoms with van der Waals surface area (Å²) in [5, 5.41) is 0. The maximum atomic E-state index is 12.7. The van der Waals surface area contributed by atoms with Crippen molar-refractivity contribution in [2.45, 2.75) is 30.4 Å². The average Bonchev–Trinajstić information content (AvgIpc) is 2.36. The first-order chi connectivity index (χ1) is 9.24. The van der Waals surface area contributed by atoms with Crippen LogP contribution in [0.15, 0.2) is 27.8 Å². The van der Waals surface area contributed by atoms with E-state index in [-0.39, 0.29) is 30.0 Å². The van der Waals surface area contributed by atoms with Crippen LogP contribution in [0, 0.1) is 0 Å². The Labute approximate surface area is 132 Å². The molecule has 0 radical (unpaired) electrons. The number of sulfonamides is 1. The van der Waals surface area contributed by atoms with Gasteiger partial charge in [-0.05, 0) is 35.8 Å². The fraction of sp³-hybridized carbons (Fsp3) is 0.583. The Morgan fingerprint density at radius 1 is 1.55 bits per heavy atom. The molecule has 112 valence electrons. The van der Waals surface area contributed by atoms with Gasteiger partial charge in [0, 0.05) is 35.8 Å². The molecule has 0 N–H and O–H groups in total. The van der Waals surface area contributed by atoms with Crippen molar-refractivity contribution in [1.29, 1.82) is 0 Å². The van der Waals surface area contributed by atoms with Crippen molar-refractivity contribution < 1.29 is 13.2 Å². The first-order valence-electron chi connectivity index (χ1n) is 6.09. The van der Waals surface area contributed by atoms with Crippen LogP contribution < -0.4 is 0 Å². The first kappa shape index (κ1) is 16.2. The van der Waals surface area contributed by atoms with Crippen molar-refractivity contribution in [2.75, 3.05) is 19.0 Å². The van der Waals surface area contributed by atoms with Gasteiger partial charge in [0.25, 0.3) is 0 Å². The van der Waals surface area contributed by atoms with E-state index >= 15 is 0 Å². The second-order valence-electron chi connectivity index (χ2n) is 5.29. The minimum absolute atomic E-state index is 0.165. The molecule has 1 aliphatic rings. The summed E-state index contributed by atoms with van der Waals surface area (Å²) < 4.78 is 33.1. The Morgan fingerprint density at radius 2 is 2.25 bits per heavy atom. The maximum absolute atomic E-state index is 12.7. The minimum Gasteiger partial charge on any atom is -0.368 e. The summed E-state index contributed by atoms with van der Waals surface area (Å²) in [4.78, 5) is 4.08. The predicted octanol–water partition coefficient (Wildman–Crippen LogP) is 2.25. The van der Waals surface area contributed by atoms with Crippen molar-refractivity contribution in [3.8, 4) is 0 Å². The highest BCUT2D eigenvalue weighted by molar-refractivity contribution is 9.10. The molecule has 0 saturated carbocycles. The van der Waals surface area contributed by atoms with Crippen LogP contribution in [0.2, 0.25) is 0 Å². The molecule has 0 amide bonds. The van der Waals surface area contributed by atoms with Crippen molar-refractivity contribution in [1.82, 2.24) is 9.29 Å². The topological polar surface area (TPSA) is 59.5 Å². The number of hydrogen-bond donors (Lipinski definition) is 0. The summed E-state index contributed by atoms with van der Waals surface area (Å²) in [6, 6.07) is 1.54. The Bertz CT molecular complexity index is 594. The lowest BCUT2D eigenvalue weighted by molar-refractivity contribution is -0.107. The van der Waals surface area contributed by atoms with E-state index in [0.717, 1.165) is 0 Å². The molecule has 2 rings (SSSR count). The van der Waals surface area contributed by atoms with Crippen LogP contribution in [0.4, 0.5) is 0 Å². The molecule has 1 aliphatic heterocycles. The van der Waals surface area contributed by atoms with Gasteiger partial charge in [-0.3, -0.25) is 4.98 Å². The lowest BCUT2D eigenvalue weighted by Crippen LogP contribution is -2.55. The molecule has 1 atom stereocenters. The number of hydrogen-bond acceptors (Lipinski definition) is 4. The number of alkyl halides is 1. The molecule has 0 spiro atoms. The summed E-state index contributed by atoms with van der Waals surface area (Å²) >= 11 is 9.06. The zero-order valence-corrected chi connectivity index (χ0v) is 14.4. The highest BCUT2D eigenvalue weighted by Crippen LogP contribution is 2.27. The molecule has 0 aliphatic carbocycles. The van der Waals surface area contributed by atoms with Crippen molar-refractivity contribution in [3.63, 3.8) is 0 Å². The largest absolute Gasteiger partial charge is 0.368 e. The average molecular weight is 384 g/mol. The van der Waals surface area contributed by atoms with Crippen LogP contribution in [-0.4, -0.2) is 48.4 Å². The number of nitrogens with zero attached hydrogens (tertiary/aromatic N) is 2. The van der Waals surface area contributed by atoms with Crippen molar-refractivity contribution >= 4 is 37.6 Å². The van der Waals surface area contributed by atoms with E-state index < -0.39 is 15.6 Å². The molecule has 1 saturated heterocycles. The fourth-order valence-corrected chi connectivity index (χ4v) is 4.48. The fourth-order valence-electron chi connectivity index (χ4n) is 2.19. The van der Waals surface area contributed by atoms with Gasteiger partial charge in [-0.2, -0.15) is 4.31 Å². The molecule has 20 heavy (non-hydrogen) atoms. The minimum atomic E-state index is -3.60. The third-order valence-electron chi connectivity index (χ3n) is 2.94. The van der Waals surface area contributed by atoms with Gasteiger partial charge in [-0.25, -0.2) is 8.42 Å². The van der Waals surface area contributed by atoms with Gasteiger partial charge in [-0.15, -0.1) is 11.6 Å². The lowest BCUT2D eigenvalue weighted by Gasteiger charge is -2.41. The molecule has 1 unspecified atom stereocenters. The first-order valence-corrected chi connectivity index (χ1v) is 8.86. The van der Waals surface area contributed by atoms with Gasteiger partial charge in [0.05, 0.1) is 11.7 Å². The normalized spacial score (nSPS) is 23.7. The van der Waals surface area contributed by atoms with E-state index in [4.69, 9.17) is 16.3 Å². The molecule has 0 aromatic carbocycles. The van der Waals surface area contributed by atoms with Gasteiger partial charge in [0.15, 0.2) is 0 Å². The van der Waals surface area contributed by atoms with E-state index in [0.29, 0.717) is 4.47 Å². The second kappa shape index (κ2) is 5.88. The van der Waals surface area contributed by atoms with E-state index in [1.807, 2.05) is 13.8 Å². The number of rotatable bonds is 3. The molecule has 1 aromatic rings. The second-order valence-corrected chi connectivity index (χ2v) is 8.45. The zero-order chi connectivity index (χ0) is 15.0. The Morgan fingerprint density at radius 3 is 2.85 bits per heavy atom. The van der Waals surface area contributed by atoms with Crippen LogP contribution in [0.1, 0.15) is 13.8 Å². The van der Waals surface area contributed by atoms with Gasteiger partial charge >= 0.3 is 0 Å². The summed E-state index contributed by atoms with van der Waals surface area (Å²) in [7, 11) is -3.60. The molecule has 1 aromatic heterocycles.